The maximum absolute atomic E-state index is 2.32. The van der Waals surface area contributed by atoms with E-state index in [0.29, 0.717) is 0 Å². The summed E-state index contributed by atoms with van der Waals surface area (Å²) in [7, 11) is 1.39. The van der Waals surface area contributed by atoms with Crippen molar-refractivity contribution in [2.24, 2.45) is 5.92 Å². The van der Waals surface area contributed by atoms with Crippen molar-refractivity contribution in [3.63, 3.8) is 0 Å². The Morgan fingerprint density at radius 2 is 2.57 bits per heavy atom. The summed E-state index contributed by atoms with van der Waals surface area (Å²) < 4.78 is 0. The molecule has 0 N–H and O–H groups in total. The van der Waals surface area contributed by atoms with E-state index in [-0.39, 0.29) is 0 Å². The van der Waals surface area contributed by atoms with Crippen LogP contribution < -0.4 is 0 Å². The molecule has 0 aromatic heterocycles. The zero-order chi connectivity index (χ0) is 5.11. The van der Waals surface area contributed by atoms with Crippen LogP contribution in [0.5, 0.6) is 0 Å². The van der Waals surface area contributed by atoms with Gasteiger partial charge in [-0.1, -0.05) is 27.0 Å². The van der Waals surface area contributed by atoms with Crippen LogP contribution in [0.25, 0.3) is 0 Å². The number of hydrogen-bond acceptors (Lipinski definition) is 0. The summed E-state index contributed by atoms with van der Waals surface area (Å²) in [6.45, 7) is 2.25. The maximum Gasteiger partial charge on any atom is -0.0181 e. The fourth-order valence-corrected chi connectivity index (χ4v) is 1.35. The van der Waals surface area contributed by atoms with Gasteiger partial charge in [-0.2, -0.15) is 0 Å². The van der Waals surface area contributed by atoms with E-state index in [2.05, 4.69) is 24.6 Å². The van der Waals surface area contributed by atoms with Crippen molar-refractivity contribution in [2.45, 2.75) is 13.3 Å². The third-order valence-electron chi connectivity index (χ3n) is 1.04. The van der Waals surface area contributed by atoms with Crippen molar-refractivity contribution >= 4 is 14.0 Å². The van der Waals surface area contributed by atoms with Gasteiger partial charge < -0.3 is 0 Å². The molecule has 1 heteroatoms. The Morgan fingerprint density at radius 1 is 1.71 bits per heavy atom. The molecule has 1 aliphatic heterocycles. The van der Waals surface area contributed by atoms with Crippen molar-refractivity contribution in [1.82, 2.24) is 0 Å². The Balaban J connectivity index is 2.49. The third-order valence-corrected chi connectivity index (χ3v) is 2.10. The molecule has 0 fully saturated rings. The highest BCUT2D eigenvalue weighted by molar-refractivity contribution is 7.42. The Labute approximate surface area is 46.0 Å². The zero-order valence-corrected chi connectivity index (χ0v) is 5.36. The van der Waals surface area contributed by atoms with Gasteiger partial charge in [-0.05, 0) is 18.2 Å². The third kappa shape index (κ3) is 1.44. The first kappa shape index (κ1) is 5.05. The highest BCUT2D eigenvalue weighted by atomic mass is 31.1. The first-order valence-corrected chi connectivity index (χ1v) is 3.61. The van der Waals surface area contributed by atoms with Crippen LogP contribution in [-0.2, 0) is 0 Å². The van der Waals surface area contributed by atoms with Crippen LogP contribution in [0.4, 0.5) is 0 Å². The standard InChI is InChI=1S/C6H9P/c1-6-3-2-4-7-5-6/h2,4-6H,3H2,1H3. The van der Waals surface area contributed by atoms with Gasteiger partial charge in [0.2, 0.25) is 0 Å². The molecule has 0 nitrogen and oxygen atoms in total. The van der Waals surface area contributed by atoms with Gasteiger partial charge in [-0.25, -0.2) is 0 Å². The van der Waals surface area contributed by atoms with E-state index in [1.807, 2.05) is 0 Å². The number of rotatable bonds is 0. The second-order valence-electron chi connectivity index (χ2n) is 1.90. The van der Waals surface area contributed by atoms with Crippen LogP contribution in [0.15, 0.2) is 11.9 Å². The molecule has 1 heterocycles. The molecule has 1 atom stereocenters. The molecule has 0 bridgehead atoms. The fraction of sp³-hybridized carbons (Fsp3) is 0.500. The largest absolute Gasteiger partial charge is 0.0809 e. The average molecular weight is 112 g/mol. The van der Waals surface area contributed by atoms with E-state index >= 15 is 0 Å². The molecule has 0 aromatic rings. The minimum absolute atomic E-state index is 0.812. The zero-order valence-electron chi connectivity index (χ0n) is 4.46. The Kier molecular flexibility index (Phi) is 1.64. The first-order chi connectivity index (χ1) is 3.39. The molecule has 0 aromatic carbocycles. The summed E-state index contributed by atoms with van der Waals surface area (Å²) >= 11 is 0. The summed E-state index contributed by atoms with van der Waals surface area (Å²) in [5.74, 6) is 5.33. The smallest absolute Gasteiger partial charge is 0.0181 e. The first-order valence-electron chi connectivity index (χ1n) is 2.58. The lowest BCUT2D eigenvalue weighted by molar-refractivity contribution is 0.816. The van der Waals surface area contributed by atoms with Crippen LogP contribution >= 0.6 is 8.20 Å². The van der Waals surface area contributed by atoms with Gasteiger partial charge in [0.1, 0.15) is 0 Å². The second kappa shape index (κ2) is 2.28. The van der Waals surface area contributed by atoms with E-state index in [4.69, 9.17) is 0 Å². The summed E-state index contributed by atoms with van der Waals surface area (Å²) in [4.78, 5) is 0. The number of allylic oxidation sites excluding steroid dienone is 1. The highest BCUT2D eigenvalue weighted by Gasteiger charge is 1.93. The van der Waals surface area contributed by atoms with Gasteiger partial charge in [0.05, 0.1) is 0 Å². The Bertz CT molecular complexity index is 103. The van der Waals surface area contributed by atoms with Crippen LogP contribution in [0.3, 0.4) is 0 Å². The van der Waals surface area contributed by atoms with E-state index in [1.54, 1.807) is 0 Å². The van der Waals surface area contributed by atoms with E-state index in [1.165, 1.54) is 14.6 Å². The summed E-state index contributed by atoms with van der Waals surface area (Å²) in [6, 6.07) is 0. The molecule has 0 saturated carbocycles. The molecule has 7 heavy (non-hydrogen) atoms. The predicted molar refractivity (Wildman–Crippen MR) is 35.9 cm³/mol. The molecular formula is C6H9P. The molecule has 0 amide bonds. The minimum atomic E-state index is 0.812. The maximum atomic E-state index is 2.32. The lowest BCUT2D eigenvalue weighted by Crippen LogP contribution is -1.92. The topological polar surface area (TPSA) is 0 Å². The number of hydrogen-bond donors (Lipinski definition) is 0. The van der Waals surface area contributed by atoms with Crippen molar-refractivity contribution in [3.8, 4) is 0 Å². The van der Waals surface area contributed by atoms with Gasteiger partial charge in [0, 0.05) is 0 Å². The van der Waals surface area contributed by atoms with Crippen LogP contribution in [0, 0.1) is 5.92 Å². The van der Waals surface area contributed by atoms with E-state index in [9.17, 15) is 0 Å². The summed E-state index contributed by atoms with van der Waals surface area (Å²) in [6.07, 6.45) is 3.49. The molecular weight excluding hydrogens is 103 g/mol. The van der Waals surface area contributed by atoms with Crippen molar-refractivity contribution < 1.29 is 0 Å². The molecule has 38 valence electrons. The van der Waals surface area contributed by atoms with Crippen molar-refractivity contribution in [3.05, 3.63) is 11.9 Å². The van der Waals surface area contributed by atoms with Gasteiger partial charge in [0.15, 0.2) is 0 Å². The molecule has 0 saturated heterocycles. The predicted octanol–water partition coefficient (Wildman–Crippen LogP) is 2.29. The van der Waals surface area contributed by atoms with Gasteiger partial charge >= 0.3 is 0 Å². The molecule has 0 spiro atoms. The van der Waals surface area contributed by atoms with Crippen molar-refractivity contribution in [2.75, 3.05) is 0 Å². The normalized spacial score (nSPS) is 30.7. The minimum Gasteiger partial charge on any atom is -0.0809 e. The van der Waals surface area contributed by atoms with Gasteiger partial charge in [-0.15, -0.1) is 0 Å². The van der Waals surface area contributed by atoms with Crippen LogP contribution in [-0.4, -0.2) is 5.80 Å². The monoisotopic (exact) mass is 112 g/mol. The quantitative estimate of drug-likeness (QED) is 0.422. The van der Waals surface area contributed by atoms with E-state index in [0.717, 1.165) is 5.92 Å². The highest BCUT2D eigenvalue weighted by Crippen LogP contribution is 2.12. The van der Waals surface area contributed by atoms with Crippen molar-refractivity contribution in [1.29, 1.82) is 0 Å². The molecule has 1 rings (SSSR count). The van der Waals surface area contributed by atoms with Gasteiger partial charge in [0.25, 0.3) is 0 Å². The molecule has 0 aliphatic carbocycles. The van der Waals surface area contributed by atoms with E-state index < -0.39 is 0 Å². The molecule has 1 aliphatic rings. The van der Waals surface area contributed by atoms with Gasteiger partial charge in [-0.3, -0.25) is 0 Å². The Morgan fingerprint density at radius 3 is 2.86 bits per heavy atom. The SMILES string of the molecule is CC1C=PC=CC1. The van der Waals surface area contributed by atoms with Crippen LogP contribution in [0.2, 0.25) is 0 Å². The second-order valence-corrected chi connectivity index (χ2v) is 2.79. The average Bonchev–Trinajstić information content (AvgIpc) is 1.69. The molecule has 1 unspecified atom stereocenters. The lowest BCUT2D eigenvalue weighted by atomic mass is 10.1. The summed E-state index contributed by atoms with van der Waals surface area (Å²) in [5, 5.41) is 0. The fourth-order valence-electron chi connectivity index (χ4n) is 0.594. The Hall–Kier alpha value is -0.0900. The lowest BCUT2D eigenvalue weighted by Gasteiger charge is -2.01. The summed E-state index contributed by atoms with van der Waals surface area (Å²) in [5.41, 5.74) is 0. The van der Waals surface area contributed by atoms with Crippen LogP contribution in [0.1, 0.15) is 13.3 Å². The molecule has 0 radical (unpaired) electrons.